The minimum absolute atomic E-state index is 0.422. The molecule has 0 radical (unpaired) electrons. The third-order valence-corrected chi connectivity index (χ3v) is 2.94. The average molecular weight is 203 g/mol. The van der Waals surface area contributed by atoms with E-state index in [1.54, 1.807) is 0 Å². The van der Waals surface area contributed by atoms with Gasteiger partial charge in [0.25, 0.3) is 0 Å². The number of hydrogen-bond acceptors (Lipinski definition) is 1. The van der Waals surface area contributed by atoms with E-state index in [2.05, 4.69) is 0 Å². The fourth-order valence-corrected chi connectivity index (χ4v) is 2.05. The predicted octanol–water partition coefficient (Wildman–Crippen LogP) is 2.49. The maximum Gasteiger partial charge on any atom is 0.338 e. The van der Waals surface area contributed by atoms with Crippen LogP contribution in [0.15, 0.2) is 18.2 Å². The zero-order valence-corrected chi connectivity index (χ0v) is 9.03. The summed E-state index contributed by atoms with van der Waals surface area (Å²) in [6.45, 7) is 3.77. The Hall–Kier alpha value is -1.77. The van der Waals surface area contributed by atoms with E-state index in [0.29, 0.717) is 5.56 Å². The van der Waals surface area contributed by atoms with Crippen molar-refractivity contribution < 1.29 is 9.90 Å². The van der Waals surface area contributed by atoms with Gasteiger partial charge in [-0.2, -0.15) is 0 Å². The molecule has 0 fully saturated rings. The number of fused-ring (bicyclic) bond motifs is 1. The van der Waals surface area contributed by atoms with E-state index >= 15 is 0 Å². The van der Waals surface area contributed by atoms with Crippen molar-refractivity contribution in [2.45, 2.75) is 13.8 Å². The summed E-state index contributed by atoms with van der Waals surface area (Å²) < 4.78 is 1.92. The standard InChI is InChI=1S/C12H13NO2/c1-7-5-4-6-9-10(7)11(12(14)15)8(2)13(9)3/h4-6H,1-3H3,(H,14,15). The molecular formula is C12H13NO2. The highest BCUT2D eigenvalue weighted by atomic mass is 16.4. The van der Waals surface area contributed by atoms with Gasteiger partial charge in [-0.1, -0.05) is 12.1 Å². The van der Waals surface area contributed by atoms with E-state index in [0.717, 1.165) is 22.2 Å². The van der Waals surface area contributed by atoms with Gasteiger partial charge in [0.2, 0.25) is 0 Å². The Balaban J connectivity index is 3.02. The average Bonchev–Trinajstić information content (AvgIpc) is 2.43. The molecule has 15 heavy (non-hydrogen) atoms. The van der Waals surface area contributed by atoms with Crippen molar-refractivity contribution in [1.29, 1.82) is 0 Å². The fraction of sp³-hybridized carbons (Fsp3) is 0.250. The summed E-state index contributed by atoms with van der Waals surface area (Å²) in [5, 5.41) is 10.0. The zero-order valence-electron chi connectivity index (χ0n) is 9.03. The van der Waals surface area contributed by atoms with Gasteiger partial charge in [0.05, 0.1) is 5.56 Å². The smallest absolute Gasteiger partial charge is 0.338 e. The van der Waals surface area contributed by atoms with Crippen LogP contribution >= 0.6 is 0 Å². The highest BCUT2D eigenvalue weighted by Crippen LogP contribution is 2.27. The van der Waals surface area contributed by atoms with Crippen LogP contribution in [0.1, 0.15) is 21.6 Å². The van der Waals surface area contributed by atoms with Crippen LogP contribution in [-0.2, 0) is 7.05 Å². The van der Waals surface area contributed by atoms with Gasteiger partial charge >= 0.3 is 5.97 Å². The van der Waals surface area contributed by atoms with Crippen molar-refractivity contribution >= 4 is 16.9 Å². The second-order valence-corrected chi connectivity index (χ2v) is 3.79. The van der Waals surface area contributed by atoms with Crippen molar-refractivity contribution in [3.63, 3.8) is 0 Å². The molecule has 1 aromatic carbocycles. The van der Waals surface area contributed by atoms with E-state index in [4.69, 9.17) is 0 Å². The summed E-state index contributed by atoms with van der Waals surface area (Å²) in [5.41, 5.74) is 3.20. The molecule has 2 rings (SSSR count). The summed E-state index contributed by atoms with van der Waals surface area (Å²) in [6, 6.07) is 5.83. The zero-order chi connectivity index (χ0) is 11.2. The van der Waals surface area contributed by atoms with Crippen molar-refractivity contribution in [1.82, 2.24) is 4.57 Å². The second-order valence-electron chi connectivity index (χ2n) is 3.79. The van der Waals surface area contributed by atoms with E-state index in [9.17, 15) is 9.90 Å². The largest absolute Gasteiger partial charge is 0.478 e. The SMILES string of the molecule is Cc1cccc2c1c(C(=O)O)c(C)n2C. The molecule has 0 amide bonds. The topological polar surface area (TPSA) is 42.2 Å². The van der Waals surface area contributed by atoms with Gasteiger partial charge in [0.15, 0.2) is 0 Å². The number of aryl methyl sites for hydroxylation is 2. The predicted molar refractivity (Wildman–Crippen MR) is 59.4 cm³/mol. The molecule has 0 spiro atoms. The first kappa shape index (κ1) is 9.77. The number of benzene rings is 1. The maximum absolute atomic E-state index is 11.2. The van der Waals surface area contributed by atoms with Crippen molar-refractivity contribution in [3.05, 3.63) is 35.0 Å². The molecule has 0 bridgehead atoms. The normalized spacial score (nSPS) is 10.9. The quantitative estimate of drug-likeness (QED) is 0.773. The molecule has 0 aliphatic carbocycles. The van der Waals surface area contributed by atoms with Crippen LogP contribution in [0.25, 0.3) is 10.9 Å². The minimum atomic E-state index is -0.854. The highest BCUT2D eigenvalue weighted by molar-refractivity contribution is 6.06. The molecule has 0 aliphatic heterocycles. The molecule has 0 atom stereocenters. The molecule has 3 nitrogen and oxygen atoms in total. The Morgan fingerprint density at radius 1 is 1.33 bits per heavy atom. The first-order valence-electron chi connectivity index (χ1n) is 4.82. The summed E-state index contributed by atoms with van der Waals surface area (Å²) >= 11 is 0. The van der Waals surface area contributed by atoms with Crippen LogP contribution in [0.5, 0.6) is 0 Å². The number of carboxylic acid groups (broad SMARTS) is 1. The van der Waals surface area contributed by atoms with Gasteiger partial charge in [-0.05, 0) is 25.5 Å². The Morgan fingerprint density at radius 2 is 2.00 bits per heavy atom. The molecule has 78 valence electrons. The first-order chi connectivity index (χ1) is 7.04. The maximum atomic E-state index is 11.2. The van der Waals surface area contributed by atoms with Crippen LogP contribution in [0.2, 0.25) is 0 Å². The van der Waals surface area contributed by atoms with Gasteiger partial charge in [-0.15, -0.1) is 0 Å². The van der Waals surface area contributed by atoms with E-state index in [1.165, 1.54) is 0 Å². The molecule has 1 aromatic heterocycles. The van der Waals surface area contributed by atoms with Gasteiger partial charge in [-0.3, -0.25) is 0 Å². The van der Waals surface area contributed by atoms with E-state index in [-0.39, 0.29) is 0 Å². The Bertz CT molecular complexity index is 552. The van der Waals surface area contributed by atoms with Gasteiger partial charge in [0.1, 0.15) is 0 Å². The fourth-order valence-electron chi connectivity index (χ4n) is 2.05. The minimum Gasteiger partial charge on any atom is -0.478 e. The van der Waals surface area contributed by atoms with Crippen LogP contribution < -0.4 is 0 Å². The monoisotopic (exact) mass is 203 g/mol. The van der Waals surface area contributed by atoms with E-state index in [1.807, 2.05) is 43.7 Å². The number of hydrogen-bond donors (Lipinski definition) is 1. The van der Waals surface area contributed by atoms with Crippen LogP contribution in [0.4, 0.5) is 0 Å². The molecule has 3 heteroatoms. The third kappa shape index (κ3) is 1.23. The molecular weight excluding hydrogens is 190 g/mol. The molecule has 0 saturated heterocycles. The summed E-state index contributed by atoms with van der Waals surface area (Å²) in [4.78, 5) is 11.2. The Kier molecular flexibility index (Phi) is 2.03. The number of carboxylic acids is 1. The summed E-state index contributed by atoms with van der Waals surface area (Å²) in [6.07, 6.45) is 0. The molecule has 0 unspecified atom stereocenters. The number of rotatable bonds is 1. The lowest BCUT2D eigenvalue weighted by Crippen LogP contribution is -1.99. The van der Waals surface area contributed by atoms with Crippen LogP contribution in [0, 0.1) is 13.8 Å². The number of aromatic carboxylic acids is 1. The lowest BCUT2D eigenvalue weighted by molar-refractivity contribution is 0.0698. The number of aromatic nitrogens is 1. The molecule has 0 saturated carbocycles. The van der Waals surface area contributed by atoms with Crippen LogP contribution in [0.3, 0.4) is 0 Å². The Morgan fingerprint density at radius 3 is 2.60 bits per heavy atom. The number of nitrogens with zero attached hydrogens (tertiary/aromatic N) is 1. The van der Waals surface area contributed by atoms with Crippen molar-refractivity contribution in [2.24, 2.45) is 7.05 Å². The highest BCUT2D eigenvalue weighted by Gasteiger charge is 2.18. The van der Waals surface area contributed by atoms with E-state index < -0.39 is 5.97 Å². The van der Waals surface area contributed by atoms with Crippen molar-refractivity contribution in [2.75, 3.05) is 0 Å². The second kappa shape index (κ2) is 3.12. The summed E-state index contributed by atoms with van der Waals surface area (Å²) in [5.74, 6) is -0.854. The number of carbonyl (C=O) groups is 1. The lowest BCUT2D eigenvalue weighted by Gasteiger charge is -1.98. The first-order valence-corrected chi connectivity index (χ1v) is 4.82. The third-order valence-electron chi connectivity index (χ3n) is 2.94. The van der Waals surface area contributed by atoms with Crippen molar-refractivity contribution in [3.8, 4) is 0 Å². The molecule has 0 aliphatic rings. The lowest BCUT2D eigenvalue weighted by atomic mass is 10.1. The Labute approximate surface area is 87.9 Å². The molecule has 1 N–H and O–H groups in total. The molecule has 1 heterocycles. The van der Waals surface area contributed by atoms with Crippen LogP contribution in [-0.4, -0.2) is 15.6 Å². The van der Waals surface area contributed by atoms with Gasteiger partial charge < -0.3 is 9.67 Å². The molecule has 2 aromatic rings. The summed E-state index contributed by atoms with van der Waals surface area (Å²) in [7, 11) is 1.89. The van der Waals surface area contributed by atoms with Gasteiger partial charge in [-0.25, -0.2) is 4.79 Å². The van der Waals surface area contributed by atoms with Gasteiger partial charge in [0, 0.05) is 23.6 Å².